The maximum Gasteiger partial charge on any atom is 0.242 e. The number of aromatic nitrogens is 4. The van der Waals surface area contributed by atoms with Crippen LogP contribution in [0.2, 0.25) is 0 Å². The number of hydrogen-bond donors (Lipinski definition) is 0. The Hall–Kier alpha value is -2.07. The largest absolute Gasteiger partial charge is 0.338 e. The maximum absolute atomic E-state index is 12.2. The number of aryl methyl sites for hydroxylation is 1. The third-order valence-corrected chi connectivity index (χ3v) is 5.40. The number of sulfone groups is 1. The molecule has 0 radical (unpaired) electrons. The average Bonchev–Trinajstić information content (AvgIpc) is 3.25. The number of nitrogens with zero attached hydrogens (tertiary/aromatic N) is 4. The molecule has 8 nitrogen and oxygen atoms in total. The van der Waals surface area contributed by atoms with E-state index in [4.69, 9.17) is 9.05 Å². The van der Waals surface area contributed by atoms with Gasteiger partial charge in [-0.05, 0) is 17.9 Å². The second-order valence-corrected chi connectivity index (χ2v) is 8.24. The summed E-state index contributed by atoms with van der Waals surface area (Å²) in [6.45, 7) is 2.06. The molecule has 0 aromatic carbocycles. The second kappa shape index (κ2) is 7.22. The molecular formula is C14H16N4O4S2. The van der Waals surface area contributed by atoms with Gasteiger partial charge in [0.25, 0.3) is 0 Å². The van der Waals surface area contributed by atoms with Crippen molar-refractivity contribution in [3.63, 3.8) is 0 Å². The molecule has 0 aliphatic heterocycles. The summed E-state index contributed by atoms with van der Waals surface area (Å²) in [6.07, 6.45) is 2.61. The van der Waals surface area contributed by atoms with Crippen molar-refractivity contribution in [2.24, 2.45) is 0 Å². The van der Waals surface area contributed by atoms with Crippen LogP contribution in [0.5, 0.6) is 0 Å². The van der Waals surface area contributed by atoms with Crippen LogP contribution in [0.1, 0.15) is 37.4 Å². The summed E-state index contributed by atoms with van der Waals surface area (Å²) in [4.78, 5) is 9.03. The van der Waals surface area contributed by atoms with Crippen LogP contribution in [0.25, 0.3) is 10.7 Å². The van der Waals surface area contributed by atoms with Crippen LogP contribution < -0.4 is 0 Å². The standard InChI is InChI=1S/C14H16N4O4S2/c1-2-3-6-11-15-12(21-17-11)8-24(19,20)9-13-16-14(18-22-13)10-5-4-7-23-10/h4-5,7H,2-3,6,8-9H2,1H3. The van der Waals surface area contributed by atoms with Crippen LogP contribution >= 0.6 is 11.3 Å². The summed E-state index contributed by atoms with van der Waals surface area (Å²) in [6, 6.07) is 3.70. The Morgan fingerprint density at radius 2 is 1.88 bits per heavy atom. The molecule has 10 heteroatoms. The Bertz CT molecular complexity index is 884. The summed E-state index contributed by atoms with van der Waals surface area (Å²) in [5.74, 6) is 0.332. The summed E-state index contributed by atoms with van der Waals surface area (Å²) in [7, 11) is -3.54. The van der Waals surface area contributed by atoms with Crippen molar-refractivity contribution in [1.29, 1.82) is 0 Å². The SMILES string of the molecule is CCCCc1noc(CS(=O)(=O)Cc2nc(-c3cccs3)no2)n1. The van der Waals surface area contributed by atoms with Gasteiger partial charge < -0.3 is 9.05 Å². The van der Waals surface area contributed by atoms with E-state index in [0.717, 1.165) is 17.7 Å². The molecule has 3 aromatic rings. The van der Waals surface area contributed by atoms with E-state index in [1.165, 1.54) is 11.3 Å². The molecule has 0 unspecified atom stereocenters. The fourth-order valence-electron chi connectivity index (χ4n) is 2.03. The van der Waals surface area contributed by atoms with Crippen LogP contribution in [0.15, 0.2) is 26.6 Å². The van der Waals surface area contributed by atoms with Crippen molar-refractivity contribution in [3.05, 3.63) is 35.1 Å². The molecule has 3 heterocycles. The van der Waals surface area contributed by atoms with Crippen LogP contribution in [0.4, 0.5) is 0 Å². The third kappa shape index (κ3) is 4.26. The number of thiophene rings is 1. The molecular weight excluding hydrogens is 352 g/mol. The second-order valence-electron chi connectivity index (χ2n) is 5.23. The number of rotatable bonds is 8. The lowest BCUT2D eigenvalue weighted by atomic mass is 10.2. The van der Waals surface area contributed by atoms with Gasteiger partial charge in [0.2, 0.25) is 17.6 Å². The normalized spacial score (nSPS) is 11.9. The number of hydrogen-bond acceptors (Lipinski definition) is 9. The molecule has 0 atom stereocenters. The lowest BCUT2D eigenvalue weighted by molar-refractivity contribution is 0.379. The lowest BCUT2D eigenvalue weighted by Gasteiger charge is -1.96. The molecule has 0 aliphatic carbocycles. The van der Waals surface area contributed by atoms with E-state index in [-0.39, 0.29) is 23.3 Å². The Balaban J connectivity index is 1.64. The van der Waals surface area contributed by atoms with Crippen molar-refractivity contribution in [3.8, 4) is 10.7 Å². The molecule has 0 bridgehead atoms. The van der Waals surface area contributed by atoms with Gasteiger partial charge in [0.15, 0.2) is 15.7 Å². The first kappa shape index (κ1) is 16.8. The highest BCUT2D eigenvalue weighted by atomic mass is 32.2. The molecule has 0 saturated carbocycles. The van der Waals surface area contributed by atoms with E-state index in [9.17, 15) is 8.42 Å². The van der Waals surface area contributed by atoms with E-state index in [2.05, 4.69) is 27.2 Å². The van der Waals surface area contributed by atoms with Crippen molar-refractivity contribution < 1.29 is 17.5 Å². The molecule has 0 aliphatic rings. The van der Waals surface area contributed by atoms with E-state index >= 15 is 0 Å². The highest BCUT2D eigenvalue weighted by Crippen LogP contribution is 2.22. The molecule has 128 valence electrons. The maximum atomic E-state index is 12.2. The van der Waals surface area contributed by atoms with E-state index in [0.29, 0.717) is 18.1 Å². The highest BCUT2D eigenvalue weighted by molar-refractivity contribution is 7.89. The van der Waals surface area contributed by atoms with Crippen molar-refractivity contribution in [2.45, 2.75) is 37.7 Å². The minimum Gasteiger partial charge on any atom is -0.338 e. The Labute approximate surface area is 142 Å². The predicted octanol–water partition coefficient (Wildman–Crippen LogP) is 2.64. The highest BCUT2D eigenvalue weighted by Gasteiger charge is 2.22. The van der Waals surface area contributed by atoms with Gasteiger partial charge in [0.1, 0.15) is 11.5 Å². The van der Waals surface area contributed by atoms with E-state index < -0.39 is 9.84 Å². The first-order valence-electron chi connectivity index (χ1n) is 7.44. The van der Waals surface area contributed by atoms with Crippen molar-refractivity contribution in [1.82, 2.24) is 20.3 Å². The average molecular weight is 368 g/mol. The summed E-state index contributed by atoms with van der Waals surface area (Å²) >= 11 is 1.45. The smallest absolute Gasteiger partial charge is 0.242 e. The van der Waals surface area contributed by atoms with Gasteiger partial charge in [-0.15, -0.1) is 11.3 Å². The summed E-state index contributed by atoms with van der Waals surface area (Å²) in [5, 5.41) is 9.46. The minimum absolute atomic E-state index is 0.0455. The molecule has 3 aromatic heterocycles. The first-order valence-corrected chi connectivity index (χ1v) is 10.1. The Kier molecular flexibility index (Phi) is 5.05. The first-order chi connectivity index (χ1) is 11.6. The van der Waals surface area contributed by atoms with Crippen LogP contribution in [0.3, 0.4) is 0 Å². The molecule has 0 fully saturated rings. The van der Waals surface area contributed by atoms with E-state index in [1.807, 2.05) is 17.5 Å². The predicted molar refractivity (Wildman–Crippen MR) is 86.8 cm³/mol. The summed E-state index contributed by atoms with van der Waals surface area (Å²) in [5.41, 5.74) is 0. The quantitative estimate of drug-likeness (QED) is 0.596. The van der Waals surface area contributed by atoms with Gasteiger partial charge in [-0.3, -0.25) is 0 Å². The van der Waals surface area contributed by atoms with Crippen LogP contribution in [0, 0.1) is 0 Å². The zero-order valence-corrected chi connectivity index (χ0v) is 14.6. The number of unbranched alkanes of at least 4 members (excludes halogenated alkanes) is 1. The Morgan fingerprint density at radius 3 is 2.58 bits per heavy atom. The molecule has 0 spiro atoms. The zero-order valence-electron chi connectivity index (χ0n) is 13.0. The van der Waals surface area contributed by atoms with Crippen molar-refractivity contribution in [2.75, 3.05) is 0 Å². The van der Waals surface area contributed by atoms with Crippen molar-refractivity contribution >= 4 is 21.2 Å². The van der Waals surface area contributed by atoms with Gasteiger partial charge >= 0.3 is 0 Å². The van der Waals surface area contributed by atoms with Gasteiger partial charge in [-0.1, -0.05) is 29.7 Å². The third-order valence-electron chi connectivity index (χ3n) is 3.16. The fourth-order valence-corrected chi connectivity index (χ4v) is 3.77. The fraction of sp³-hybridized carbons (Fsp3) is 0.429. The molecule has 24 heavy (non-hydrogen) atoms. The van der Waals surface area contributed by atoms with Crippen LogP contribution in [-0.4, -0.2) is 28.7 Å². The molecule has 0 saturated heterocycles. The molecule has 3 rings (SSSR count). The van der Waals surface area contributed by atoms with E-state index in [1.54, 1.807) is 0 Å². The minimum atomic E-state index is -3.54. The summed E-state index contributed by atoms with van der Waals surface area (Å²) < 4.78 is 34.5. The zero-order chi connectivity index (χ0) is 17.0. The van der Waals surface area contributed by atoms with Gasteiger partial charge in [0, 0.05) is 6.42 Å². The molecule has 0 amide bonds. The lowest BCUT2D eigenvalue weighted by Crippen LogP contribution is -2.08. The van der Waals surface area contributed by atoms with Gasteiger partial charge in [0.05, 0.1) is 4.88 Å². The van der Waals surface area contributed by atoms with Crippen LogP contribution in [-0.2, 0) is 27.8 Å². The Morgan fingerprint density at radius 1 is 1.12 bits per heavy atom. The monoisotopic (exact) mass is 368 g/mol. The van der Waals surface area contributed by atoms with Gasteiger partial charge in [-0.25, -0.2) is 8.42 Å². The topological polar surface area (TPSA) is 112 Å². The molecule has 0 N–H and O–H groups in total. The van der Waals surface area contributed by atoms with Gasteiger partial charge in [-0.2, -0.15) is 9.97 Å².